The molecule has 1 rings (SSSR count). The largest absolute Gasteiger partial charge is 0.475 e. The van der Waals surface area contributed by atoms with Crippen LogP contribution in [0.1, 0.15) is 33.6 Å². The highest BCUT2D eigenvalue weighted by Crippen LogP contribution is 2.09. The van der Waals surface area contributed by atoms with Gasteiger partial charge in [0.05, 0.1) is 12.7 Å². The van der Waals surface area contributed by atoms with Crippen molar-refractivity contribution in [3.63, 3.8) is 0 Å². The van der Waals surface area contributed by atoms with Gasteiger partial charge in [0, 0.05) is 25.4 Å². The van der Waals surface area contributed by atoms with Gasteiger partial charge in [-0.25, -0.2) is 4.98 Å². The summed E-state index contributed by atoms with van der Waals surface area (Å²) in [5, 5.41) is 3.11. The lowest BCUT2D eigenvalue weighted by atomic mass is 10.4. The number of unbranched alkanes of at least 4 members (excludes halogenated alkanes) is 1. The minimum atomic E-state index is 0.116. The molecule has 0 saturated carbocycles. The van der Waals surface area contributed by atoms with Crippen LogP contribution in [0.5, 0.6) is 5.88 Å². The van der Waals surface area contributed by atoms with E-state index in [1.807, 2.05) is 13.8 Å². The van der Waals surface area contributed by atoms with E-state index in [0.29, 0.717) is 25.0 Å². The number of rotatable bonds is 9. The van der Waals surface area contributed by atoms with Crippen molar-refractivity contribution in [3.05, 3.63) is 12.3 Å². The van der Waals surface area contributed by atoms with Gasteiger partial charge >= 0.3 is 0 Å². The third-order valence-electron chi connectivity index (χ3n) is 2.16. The predicted octanol–water partition coefficient (Wildman–Crippen LogP) is 2.49. The van der Waals surface area contributed by atoms with Gasteiger partial charge in [-0.1, -0.05) is 13.3 Å². The average Bonchev–Trinajstić information content (AvgIpc) is 2.33. The lowest BCUT2D eigenvalue weighted by molar-refractivity contribution is 0.141. The summed E-state index contributed by atoms with van der Waals surface area (Å²) in [6, 6.07) is 1.75. The summed E-state index contributed by atoms with van der Waals surface area (Å²) in [4.78, 5) is 8.37. The fourth-order valence-corrected chi connectivity index (χ4v) is 1.32. The zero-order chi connectivity index (χ0) is 13.2. The van der Waals surface area contributed by atoms with Crippen LogP contribution in [0, 0.1) is 0 Å². The monoisotopic (exact) mass is 253 g/mol. The first-order valence-corrected chi connectivity index (χ1v) is 6.53. The quantitative estimate of drug-likeness (QED) is 0.685. The van der Waals surface area contributed by atoms with Crippen LogP contribution in [0.3, 0.4) is 0 Å². The Balaban J connectivity index is 2.25. The van der Waals surface area contributed by atoms with Gasteiger partial charge in [0.15, 0.2) is 0 Å². The normalized spacial score (nSPS) is 10.7. The van der Waals surface area contributed by atoms with Crippen LogP contribution in [-0.2, 0) is 4.74 Å². The Hall–Kier alpha value is -1.36. The summed E-state index contributed by atoms with van der Waals surface area (Å²) in [6.07, 6.45) is 4.06. The van der Waals surface area contributed by atoms with E-state index in [2.05, 4.69) is 22.2 Å². The molecule has 0 aliphatic rings. The lowest BCUT2D eigenvalue weighted by Gasteiger charge is -2.10. The van der Waals surface area contributed by atoms with Crippen LogP contribution < -0.4 is 10.1 Å². The zero-order valence-corrected chi connectivity index (χ0v) is 11.5. The number of nitrogens with one attached hydrogen (secondary N) is 1. The maximum absolute atomic E-state index is 5.49. The molecule has 0 fully saturated rings. The van der Waals surface area contributed by atoms with Gasteiger partial charge in [-0.15, -0.1) is 0 Å². The Morgan fingerprint density at radius 1 is 1.33 bits per heavy atom. The van der Waals surface area contributed by atoms with Gasteiger partial charge in [-0.05, 0) is 20.3 Å². The smallest absolute Gasteiger partial charge is 0.226 e. The van der Waals surface area contributed by atoms with E-state index in [0.717, 1.165) is 19.4 Å². The second-order valence-corrected chi connectivity index (χ2v) is 4.28. The molecule has 0 aliphatic carbocycles. The molecule has 5 nitrogen and oxygen atoms in total. The molecule has 0 aromatic carbocycles. The topological polar surface area (TPSA) is 56.3 Å². The fraction of sp³-hybridized carbons (Fsp3) is 0.692. The lowest BCUT2D eigenvalue weighted by Crippen LogP contribution is -2.13. The molecule has 18 heavy (non-hydrogen) atoms. The van der Waals surface area contributed by atoms with E-state index >= 15 is 0 Å². The number of aromatic nitrogens is 2. The van der Waals surface area contributed by atoms with Gasteiger partial charge in [-0.2, -0.15) is 4.98 Å². The van der Waals surface area contributed by atoms with E-state index in [1.54, 1.807) is 12.3 Å². The molecule has 0 amide bonds. The molecule has 0 atom stereocenters. The molecule has 1 aromatic heterocycles. The number of anilines is 1. The summed E-state index contributed by atoms with van der Waals surface area (Å²) in [5.41, 5.74) is 0. The van der Waals surface area contributed by atoms with Crippen molar-refractivity contribution in [2.45, 2.75) is 39.7 Å². The van der Waals surface area contributed by atoms with Crippen molar-refractivity contribution in [2.75, 3.05) is 25.1 Å². The first-order valence-electron chi connectivity index (χ1n) is 6.53. The van der Waals surface area contributed by atoms with Crippen molar-refractivity contribution in [1.29, 1.82) is 0 Å². The van der Waals surface area contributed by atoms with E-state index in [4.69, 9.17) is 9.47 Å². The zero-order valence-electron chi connectivity index (χ0n) is 11.5. The summed E-state index contributed by atoms with van der Waals surface area (Å²) in [7, 11) is 0. The van der Waals surface area contributed by atoms with Crippen molar-refractivity contribution >= 4 is 5.95 Å². The molecule has 0 aliphatic heterocycles. The van der Waals surface area contributed by atoms with Crippen LogP contribution >= 0.6 is 0 Å². The highest BCUT2D eigenvalue weighted by atomic mass is 16.5. The highest BCUT2D eigenvalue weighted by molar-refractivity contribution is 5.27. The van der Waals surface area contributed by atoms with Crippen LogP contribution in [0.15, 0.2) is 12.3 Å². The van der Waals surface area contributed by atoms with Gasteiger partial charge in [0.2, 0.25) is 11.8 Å². The summed E-state index contributed by atoms with van der Waals surface area (Å²) in [5.74, 6) is 1.17. The van der Waals surface area contributed by atoms with Gasteiger partial charge < -0.3 is 14.8 Å². The van der Waals surface area contributed by atoms with E-state index < -0.39 is 0 Å². The summed E-state index contributed by atoms with van der Waals surface area (Å²) in [6.45, 7) is 8.27. The van der Waals surface area contributed by atoms with E-state index in [9.17, 15) is 0 Å². The molecule has 0 radical (unpaired) electrons. The Bertz CT molecular complexity index is 332. The number of nitrogens with zero attached hydrogens (tertiary/aromatic N) is 2. The molecule has 0 spiro atoms. The van der Waals surface area contributed by atoms with E-state index in [1.165, 1.54) is 0 Å². The molecule has 0 unspecified atom stereocenters. The average molecular weight is 253 g/mol. The summed E-state index contributed by atoms with van der Waals surface area (Å²) >= 11 is 0. The second kappa shape index (κ2) is 8.69. The molecular formula is C13H23N3O2. The fourth-order valence-electron chi connectivity index (χ4n) is 1.32. The minimum absolute atomic E-state index is 0.116. The van der Waals surface area contributed by atoms with Crippen LogP contribution in [0.4, 0.5) is 5.95 Å². The third kappa shape index (κ3) is 6.39. The van der Waals surface area contributed by atoms with Gasteiger partial charge in [0.1, 0.15) is 0 Å². The SMILES string of the molecule is CCCCOCCNc1nccc(OC(C)C)n1. The number of hydrogen-bond acceptors (Lipinski definition) is 5. The third-order valence-corrected chi connectivity index (χ3v) is 2.16. The molecule has 5 heteroatoms. The van der Waals surface area contributed by atoms with Crippen molar-refractivity contribution in [3.8, 4) is 5.88 Å². The molecule has 0 bridgehead atoms. The first kappa shape index (κ1) is 14.7. The second-order valence-electron chi connectivity index (χ2n) is 4.28. The maximum atomic E-state index is 5.49. The molecule has 1 N–H and O–H groups in total. The minimum Gasteiger partial charge on any atom is -0.475 e. The predicted molar refractivity (Wildman–Crippen MR) is 72.0 cm³/mol. The van der Waals surface area contributed by atoms with Crippen molar-refractivity contribution in [2.24, 2.45) is 0 Å². The van der Waals surface area contributed by atoms with E-state index in [-0.39, 0.29) is 6.10 Å². The maximum Gasteiger partial charge on any atom is 0.226 e. The molecular weight excluding hydrogens is 230 g/mol. The van der Waals surface area contributed by atoms with Crippen LogP contribution in [0.25, 0.3) is 0 Å². The molecule has 1 heterocycles. The van der Waals surface area contributed by atoms with Gasteiger partial charge in [0.25, 0.3) is 0 Å². The van der Waals surface area contributed by atoms with Crippen LogP contribution in [0.2, 0.25) is 0 Å². The number of ether oxygens (including phenoxy) is 2. The molecule has 0 saturated heterocycles. The van der Waals surface area contributed by atoms with Crippen LogP contribution in [-0.4, -0.2) is 35.8 Å². The molecule has 102 valence electrons. The van der Waals surface area contributed by atoms with Gasteiger partial charge in [-0.3, -0.25) is 0 Å². The first-order chi connectivity index (χ1) is 8.72. The molecule has 1 aromatic rings. The van der Waals surface area contributed by atoms with Crippen molar-refractivity contribution in [1.82, 2.24) is 9.97 Å². The Morgan fingerprint density at radius 3 is 2.89 bits per heavy atom. The highest BCUT2D eigenvalue weighted by Gasteiger charge is 2.01. The standard InChI is InChI=1S/C13H23N3O2/c1-4-5-9-17-10-8-15-13-14-7-6-12(16-13)18-11(2)3/h6-7,11H,4-5,8-10H2,1-3H3,(H,14,15,16). The number of hydrogen-bond donors (Lipinski definition) is 1. The Morgan fingerprint density at radius 2 is 2.17 bits per heavy atom. The summed E-state index contributed by atoms with van der Waals surface area (Å²) < 4.78 is 10.9. The Kier molecular flexibility index (Phi) is 7.10. The Labute approximate surface area is 109 Å². The van der Waals surface area contributed by atoms with Crippen molar-refractivity contribution < 1.29 is 9.47 Å².